The van der Waals surface area contributed by atoms with Gasteiger partial charge in [0.05, 0.1) is 17.6 Å². The van der Waals surface area contributed by atoms with Crippen LogP contribution in [0, 0.1) is 0 Å². The fourth-order valence-corrected chi connectivity index (χ4v) is 3.83. The lowest BCUT2D eigenvalue weighted by Gasteiger charge is -2.09. The molecular formula is C21H17N3O3S. The number of anilines is 2. The number of benzene rings is 2. The summed E-state index contributed by atoms with van der Waals surface area (Å²) < 4.78 is 5.52. The van der Waals surface area contributed by atoms with E-state index in [0.29, 0.717) is 12.4 Å². The molecule has 0 radical (unpaired) electrons. The monoisotopic (exact) mass is 391 g/mol. The Balaban J connectivity index is 1.71. The van der Waals surface area contributed by atoms with Crippen molar-refractivity contribution in [1.29, 1.82) is 0 Å². The molecule has 0 aliphatic rings. The summed E-state index contributed by atoms with van der Waals surface area (Å²) in [4.78, 5) is 20.7. The van der Waals surface area contributed by atoms with Gasteiger partial charge in [0.15, 0.2) is 0 Å². The molecular weight excluding hydrogens is 374 g/mol. The average molecular weight is 391 g/mol. The van der Waals surface area contributed by atoms with Gasteiger partial charge in [-0.1, -0.05) is 12.1 Å². The summed E-state index contributed by atoms with van der Waals surface area (Å²) in [5, 5.41) is 15.3. The first-order valence-corrected chi connectivity index (χ1v) is 9.59. The van der Waals surface area contributed by atoms with Crippen LogP contribution in [0.3, 0.4) is 0 Å². The van der Waals surface area contributed by atoms with Gasteiger partial charge in [0.2, 0.25) is 0 Å². The van der Waals surface area contributed by atoms with Gasteiger partial charge in [0.25, 0.3) is 0 Å². The van der Waals surface area contributed by atoms with Crippen LogP contribution < -0.4 is 10.1 Å². The van der Waals surface area contributed by atoms with Crippen LogP contribution in [0.5, 0.6) is 5.75 Å². The van der Waals surface area contributed by atoms with E-state index in [0.717, 1.165) is 32.8 Å². The maximum Gasteiger partial charge on any atom is 0.335 e. The molecule has 7 heteroatoms. The minimum Gasteiger partial charge on any atom is -0.494 e. The zero-order chi connectivity index (χ0) is 19.5. The van der Waals surface area contributed by atoms with Crippen molar-refractivity contribution in [3.05, 3.63) is 65.8 Å². The first-order valence-electron chi connectivity index (χ1n) is 8.71. The SMILES string of the molecule is CCOc1ccc(-c2csc3ncnc(Nc4ccc(C(=O)O)cc4)c23)cc1. The van der Waals surface area contributed by atoms with Crippen LogP contribution >= 0.6 is 11.3 Å². The van der Waals surface area contributed by atoms with Crippen LogP contribution in [-0.2, 0) is 0 Å². The average Bonchev–Trinajstić information content (AvgIpc) is 3.14. The molecule has 4 aromatic rings. The molecule has 2 heterocycles. The molecule has 0 spiro atoms. The predicted molar refractivity (Wildman–Crippen MR) is 111 cm³/mol. The van der Waals surface area contributed by atoms with Crippen molar-refractivity contribution in [3.8, 4) is 16.9 Å². The van der Waals surface area contributed by atoms with E-state index in [2.05, 4.69) is 20.7 Å². The van der Waals surface area contributed by atoms with Gasteiger partial charge in [-0.05, 0) is 48.9 Å². The molecule has 4 rings (SSSR count). The number of rotatable bonds is 6. The van der Waals surface area contributed by atoms with Crippen molar-refractivity contribution in [1.82, 2.24) is 9.97 Å². The number of carbonyl (C=O) groups is 1. The Kier molecular flexibility index (Phi) is 4.90. The maximum absolute atomic E-state index is 11.0. The summed E-state index contributed by atoms with van der Waals surface area (Å²) in [5.74, 6) is 0.559. The number of ether oxygens (including phenoxy) is 1. The summed E-state index contributed by atoms with van der Waals surface area (Å²) in [6, 6.07) is 14.5. The highest BCUT2D eigenvalue weighted by molar-refractivity contribution is 7.17. The number of aromatic carboxylic acids is 1. The lowest BCUT2D eigenvalue weighted by atomic mass is 10.1. The van der Waals surface area contributed by atoms with Gasteiger partial charge in [0, 0.05) is 16.6 Å². The molecule has 0 atom stereocenters. The molecule has 2 N–H and O–H groups in total. The summed E-state index contributed by atoms with van der Waals surface area (Å²) in [5.41, 5.74) is 3.08. The van der Waals surface area contributed by atoms with E-state index < -0.39 is 5.97 Å². The minimum atomic E-state index is -0.952. The Labute approximate surface area is 165 Å². The minimum absolute atomic E-state index is 0.240. The smallest absolute Gasteiger partial charge is 0.335 e. The van der Waals surface area contributed by atoms with Crippen LogP contribution in [-0.4, -0.2) is 27.7 Å². The van der Waals surface area contributed by atoms with Crippen molar-refractivity contribution < 1.29 is 14.6 Å². The van der Waals surface area contributed by atoms with E-state index in [1.807, 2.05) is 31.2 Å². The first-order chi connectivity index (χ1) is 13.7. The lowest BCUT2D eigenvalue weighted by Crippen LogP contribution is -1.98. The third-order valence-electron chi connectivity index (χ3n) is 4.24. The molecule has 2 aromatic heterocycles. The van der Waals surface area contributed by atoms with Gasteiger partial charge < -0.3 is 15.2 Å². The maximum atomic E-state index is 11.0. The van der Waals surface area contributed by atoms with Crippen LogP contribution in [0.15, 0.2) is 60.2 Å². The van der Waals surface area contributed by atoms with Crippen LogP contribution in [0.2, 0.25) is 0 Å². The van der Waals surface area contributed by atoms with Crippen molar-refractivity contribution in [2.45, 2.75) is 6.92 Å². The second-order valence-electron chi connectivity index (χ2n) is 6.02. The molecule has 0 unspecified atom stereocenters. The van der Waals surface area contributed by atoms with E-state index in [1.54, 1.807) is 35.6 Å². The van der Waals surface area contributed by atoms with Crippen LogP contribution in [0.25, 0.3) is 21.3 Å². The number of hydrogen-bond acceptors (Lipinski definition) is 6. The number of thiophene rings is 1. The zero-order valence-electron chi connectivity index (χ0n) is 15.0. The molecule has 0 aliphatic heterocycles. The summed E-state index contributed by atoms with van der Waals surface area (Å²) in [7, 11) is 0. The Bertz CT molecular complexity index is 1120. The van der Waals surface area contributed by atoms with E-state index in [9.17, 15) is 4.79 Å². The van der Waals surface area contributed by atoms with Gasteiger partial charge in [-0.25, -0.2) is 14.8 Å². The molecule has 6 nitrogen and oxygen atoms in total. The molecule has 0 fully saturated rings. The number of nitrogens with zero attached hydrogens (tertiary/aromatic N) is 2. The van der Waals surface area contributed by atoms with Gasteiger partial charge in [-0.2, -0.15) is 0 Å². The Morgan fingerprint density at radius 3 is 2.54 bits per heavy atom. The molecule has 2 aromatic carbocycles. The number of hydrogen-bond donors (Lipinski definition) is 2. The Morgan fingerprint density at radius 2 is 1.86 bits per heavy atom. The fraction of sp³-hybridized carbons (Fsp3) is 0.0952. The quantitative estimate of drug-likeness (QED) is 0.470. The first kappa shape index (κ1) is 17.9. The lowest BCUT2D eigenvalue weighted by molar-refractivity contribution is 0.0697. The molecule has 140 valence electrons. The summed E-state index contributed by atoms with van der Waals surface area (Å²) >= 11 is 1.55. The van der Waals surface area contributed by atoms with Gasteiger partial charge in [-0.3, -0.25) is 0 Å². The van der Waals surface area contributed by atoms with E-state index >= 15 is 0 Å². The third kappa shape index (κ3) is 3.52. The fourth-order valence-electron chi connectivity index (χ4n) is 2.91. The molecule has 0 bridgehead atoms. The normalized spacial score (nSPS) is 10.8. The Morgan fingerprint density at radius 1 is 1.11 bits per heavy atom. The standard InChI is InChI=1S/C21H17N3O3S/c1-2-27-16-9-5-13(6-10-16)17-11-28-20-18(17)19(22-12-23-20)24-15-7-3-14(4-8-15)21(25)26/h3-12H,2H2,1H3,(H,25,26)(H,22,23,24). The number of aromatic nitrogens is 2. The van der Waals surface area contributed by atoms with Crippen LogP contribution in [0.4, 0.5) is 11.5 Å². The highest BCUT2D eigenvalue weighted by Crippen LogP contribution is 2.37. The second kappa shape index (κ2) is 7.66. The van der Waals surface area contributed by atoms with Crippen molar-refractivity contribution >= 4 is 39.0 Å². The van der Waals surface area contributed by atoms with E-state index in [4.69, 9.17) is 9.84 Å². The predicted octanol–water partition coefficient (Wildman–Crippen LogP) is 5.20. The third-order valence-corrected chi connectivity index (χ3v) is 5.13. The topological polar surface area (TPSA) is 84.3 Å². The molecule has 0 saturated heterocycles. The van der Waals surface area contributed by atoms with Crippen molar-refractivity contribution in [2.24, 2.45) is 0 Å². The summed E-state index contributed by atoms with van der Waals surface area (Å²) in [6.07, 6.45) is 1.52. The molecule has 28 heavy (non-hydrogen) atoms. The van der Waals surface area contributed by atoms with Crippen molar-refractivity contribution in [3.63, 3.8) is 0 Å². The highest BCUT2D eigenvalue weighted by Gasteiger charge is 2.14. The molecule has 0 amide bonds. The van der Waals surface area contributed by atoms with E-state index in [-0.39, 0.29) is 5.56 Å². The number of carboxylic acid groups (broad SMARTS) is 1. The highest BCUT2D eigenvalue weighted by atomic mass is 32.1. The van der Waals surface area contributed by atoms with Crippen molar-refractivity contribution in [2.75, 3.05) is 11.9 Å². The van der Waals surface area contributed by atoms with Crippen LogP contribution in [0.1, 0.15) is 17.3 Å². The largest absolute Gasteiger partial charge is 0.494 e. The number of fused-ring (bicyclic) bond motifs is 1. The molecule has 0 aliphatic carbocycles. The number of nitrogens with one attached hydrogen (secondary N) is 1. The van der Waals surface area contributed by atoms with Gasteiger partial charge in [0.1, 0.15) is 22.7 Å². The van der Waals surface area contributed by atoms with Gasteiger partial charge in [-0.15, -0.1) is 11.3 Å². The van der Waals surface area contributed by atoms with E-state index in [1.165, 1.54) is 6.33 Å². The number of carboxylic acids is 1. The second-order valence-corrected chi connectivity index (χ2v) is 6.87. The zero-order valence-corrected chi connectivity index (χ0v) is 15.9. The molecule has 0 saturated carbocycles. The summed E-state index contributed by atoms with van der Waals surface area (Å²) in [6.45, 7) is 2.59. The van der Waals surface area contributed by atoms with Gasteiger partial charge >= 0.3 is 5.97 Å². The Hall–Kier alpha value is -3.45.